The molecule has 2 aromatic heterocycles. The third kappa shape index (κ3) is 4.86. The van der Waals surface area contributed by atoms with Crippen LogP contribution in [0.5, 0.6) is 0 Å². The number of hydrogen-bond donors (Lipinski definition) is 2. The summed E-state index contributed by atoms with van der Waals surface area (Å²) in [5, 5.41) is 5.83. The topological polar surface area (TPSA) is 84.0 Å². The van der Waals surface area contributed by atoms with E-state index in [-0.39, 0.29) is 17.9 Å². The van der Waals surface area contributed by atoms with Crippen molar-refractivity contribution in [2.45, 2.75) is 44.7 Å². The van der Waals surface area contributed by atoms with Crippen molar-refractivity contribution >= 4 is 11.8 Å². The SMILES string of the molecule is O=C(NCc1ccccn1)c1cncc(C(=O)NC2CCCCC2)c1. The maximum absolute atomic E-state index is 12.4. The third-order valence-electron chi connectivity index (χ3n) is 4.36. The molecule has 2 aromatic rings. The molecule has 25 heavy (non-hydrogen) atoms. The number of rotatable bonds is 5. The van der Waals surface area contributed by atoms with Gasteiger partial charge in [-0.2, -0.15) is 0 Å². The lowest BCUT2D eigenvalue weighted by atomic mass is 9.95. The van der Waals surface area contributed by atoms with Crippen LogP contribution in [0.2, 0.25) is 0 Å². The normalized spacial score (nSPS) is 14.7. The average Bonchev–Trinajstić information content (AvgIpc) is 2.68. The molecule has 130 valence electrons. The van der Waals surface area contributed by atoms with Crippen LogP contribution in [-0.2, 0) is 6.54 Å². The zero-order valence-electron chi connectivity index (χ0n) is 14.1. The van der Waals surface area contributed by atoms with Crippen molar-refractivity contribution in [2.24, 2.45) is 0 Å². The molecule has 2 heterocycles. The first-order chi connectivity index (χ1) is 12.2. The lowest BCUT2D eigenvalue weighted by Crippen LogP contribution is -2.36. The Hall–Kier alpha value is -2.76. The van der Waals surface area contributed by atoms with Crippen LogP contribution in [0.3, 0.4) is 0 Å². The average molecular weight is 338 g/mol. The van der Waals surface area contributed by atoms with Crippen molar-refractivity contribution in [1.82, 2.24) is 20.6 Å². The van der Waals surface area contributed by atoms with E-state index in [4.69, 9.17) is 0 Å². The van der Waals surface area contributed by atoms with Crippen molar-refractivity contribution in [1.29, 1.82) is 0 Å². The minimum absolute atomic E-state index is 0.168. The summed E-state index contributed by atoms with van der Waals surface area (Å²) in [5.74, 6) is -0.441. The van der Waals surface area contributed by atoms with Crippen molar-refractivity contribution in [2.75, 3.05) is 0 Å². The Morgan fingerprint density at radius 2 is 1.80 bits per heavy atom. The molecular weight excluding hydrogens is 316 g/mol. The lowest BCUT2D eigenvalue weighted by molar-refractivity contribution is 0.0927. The largest absolute Gasteiger partial charge is 0.349 e. The van der Waals surface area contributed by atoms with Gasteiger partial charge < -0.3 is 10.6 Å². The summed E-state index contributed by atoms with van der Waals surface area (Å²) in [7, 11) is 0. The standard InChI is InChI=1S/C19H22N4O2/c24-18(22-13-17-8-4-5-9-21-17)14-10-15(12-20-11-14)19(25)23-16-6-2-1-3-7-16/h4-5,8-12,16H,1-3,6-7,13H2,(H,22,24)(H,23,25). The predicted octanol–water partition coefficient (Wildman–Crippen LogP) is 2.47. The van der Waals surface area contributed by atoms with Gasteiger partial charge in [0, 0.05) is 24.6 Å². The van der Waals surface area contributed by atoms with E-state index in [9.17, 15) is 9.59 Å². The molecule has 1 fully saturated rings. The van der Waals surface area contributed by atoms with Crippen molar-refractivity contribution in [3.63, 3.8) is 0 Å². The fraction of sp³-hybridized carbons (Fsp3) is 0.368. The first-order valence-corrected chi connectivity index (χ1v) is 8.66. The zero-order valence-corrected chi connectivity index (χ0v) is 14.1. The van der Waals surface area contributed by atoms with Gasteiger partial charge in [0.2, 0.25) is 0 Å². The van der Waals surface area contributed by atoms with Gasteiger partial charge in [-0.1, -0.05) is 25.3 Å². The van der Waals surface area contributed by atoms with Gasteiger partial charge in [-0.05, 0) is 31.0 Å². The second kappa shape index (κ2) is 8.37. The second-order valence-corrected chi connectivity index (χ2v) is 6.27. The minimum Gasteiger partial charge on any atom is -0.349 e. The van der Waals surface area contributed by atoms with Gasteiger partial charge in [0.25, 0.3) is 11.8 Å². The molecule has 6 heteroatoms. The fourth-order valence-electron chi connectivity index (χ4n) is 2.98. The Morgan fingerprint density at radius 1 is 1.04 bits per heavy atom. The molecule has 1 saturated carbocycles. The Morgan fingerprint density at radius 3 is 2.52 bits per heavy atom. The number of pyridine rings is 2. The number of carbonyl (C=O) groups is 2. The number of amides is 2. The van der Waals surface area contributed by atoms with Gasteiger partial charge >= 0.3 is 0 Å². The van der Waals surface area contributed by atoms with Gasteiger partial charge in [-0.15, -0.1) is 0 Å². The summed E-state index contributed by atoms with van der Waals surface area (Å²) in [6, 6.07) is 7.34. The number of carbonyl (C=O) groups excluding carboxylic acids is 2. The lowest BCUT2D eigenvalue weighted by Gasteiger charge is -2.22. The predicted molar refractivity (Wildman–Crippen MR) is 94.0 cm³/mol. The Balaban J connectivity index is 1.60. The zero-order chi connectivity index (χ0) is 17.5. The summed E-state index contributed by atoms with van der Waals surface area (Å²) in [5.41, 5.74) is 1.55. The summed E-state index contributed by atoms with van der Waals surface area (Å²) >= 11 is 0. The van der Waals surface area contributed by atoms with Gasteiger partial charge in [-0.3, -0.25) is 19.6 Å². The van der Waals surface area contributed by atoms with Crippen LogP contribution >= 0.6 is 0 Å². The molecule has 0 aliphatic heterocycles. The van der Waals surface area contributed by atoms with Crippen molar-refractivity contribution in [3.05, 3.63) is 59.7 Å². The molecule has 0 bridgehead atoms. The Kier molecular flexibility index (Phi) is 5.72. The molecule has 1 aliphatic carbocycles. The van der Waals surface area contributed by atoms with Crippen LogP contribution in [-0.4, -0.2) is 27.8 Å². The summed E-state index contributed by atoms with van der Waals surface area (Å²) in [6.45, 7) is 0.332. The van der Waals surface area contributed by atoms with E-state index < -0.39 is 0 Å². The Bertz CT molecular complexity index is 727. The molecule has 0 unspecified atom stereocenters. The maximum Gasteiger partial charge on any atom is 0.253 e. The van der Waals surface area contributed by atoms with E-state index >= 15 is 0 Å². The van der Waals surface area contributed by atoms with Crippen LogP contribution in [0, 0.1) is 0 Å². The highest BCUT2D eigenvalue weighted by Gasteiger charge is 2.17. The van der Waals surface area contributed by atoms with E-state index in [0.29, 0.717) is 17.7 Å². The van der Waals surface area contributed by atoms with Gasteiger partial charge in [0.05, 0.1) is 23.4 Å². The molecule has 3 rings (SSSR count). The molecule has 0 spiro atoms. The van der Waals surface area contributed by atoms with E-state index in [2.05, 4.69) is 20.6 Å². The quantitative estimate of drug-likeness (QED) is 0.877. The van der Waals surface area contributed by atoms with E-state index in [1.165, 1.54) is 18.8 Å². The molecular formula is C19H22N4O2. The third-order valence-corrected chi connectivity index (χ3v) is 4.36. The van der Waals surface area contributed by atoms with Crippen molar-refractivity contribution in [3.8, 4) is 0 Å². The van der Waals surface area contributed by atoms with E-state index in [1.807, 2.05) is 18.2 Å². The van der Waals surface area contributed by atoms with E-state index in [0.717, 1.165) is 31.4 Å². The number of nitrogens with one attached hydrogen (secondary N) is 2. The second-order valence-electron chi connectivity index (χ2n) is 6.27. The fourth-order valence-corrected chi connectivity index (χ4v) is 2.98. The van der Waals surface area contributed by atoms with Crippen LogP contribution < -0.4 is 10.6 Å². The highest BCUT2D eigenvalue weighted by Crippen LogP contribution is 2.18. The number of aromatic nitrogens is 2. The summed E-state index contributed by atoms with van der Waals surface area (Å²) in [4.78, 5) is 32.8. The first kappa shape index (κ1) is 17.1. The van der Waals surface area contributed by atoms with Crippen LogP contribution in [0.15, 0.2) is 42.9 Å². The Labute approximate surface area is 147 Å². The number of nitrogens with zero attached hydrogens (tertiary/aromatic N) is 2. The van der Waals surface area contributed by atoms with E-state index in [1.54, 1.807) is 12.3 Å². The molecule has 0 saturated heterocycles. The highest BCUT2D eigenvalue weighted by atomic mass is 16.2. The molecule has 0 atom stereocenters. The smallest absolute Gasteiger partial charge is 0.253 e. The van der Waals surface area contributed by atoms with Crippen LogP contribution in [0.4, 0.5) is 0 Å². The number of hydrogen-bond acceptors (Lipinski definition) is 4. The summed E-state index contributed by atoms with van der Waals surface area (Å²) in [6.07, 6.45) is 10.2. The van der Waals surface area contributed by atoms with Crippen LogP contribution in [0.25, 0.3) is 0 Å². The van der Waals surface area contributed by atoms with Crippen LogP contribution in [0.1, 0.15) is 58.5 Å². The monoisotopic (exact) mass is 338 g/mol. The molecule has 0 radical (unpaired) electrons. The van der Waals surface area contributed by atoms with Crippen molar-refractivity contribution < 1.29 is 9.59 Å². The highest BCUT2D eigenvalue weighted by molar-refractivity contribution is 5.99. The van der Waals surface area contributed by atoms with Gasteiger partial charge in [0.15, 0.2) is 0 Å². The minimum atomic E-state index is -0.273. The van der Waals surface area contributed by atoms with Gasteiger partial charge in [0.1, 0.15) is 0 Å². The molecule has 0 aromatic carbocycles. The summed E-state index contributed by atoms with van der Waals surface area (Å²) < 4.78 is 0. The van der Waals surface area contributed by atoms with Gasteiger partial charge in [-0.25, -0.2) is 0 Å². The molecule has 2 N–H and O–H groups in total. The molecule has 1 aliphatic rings. The maximum atomic E-state index is 12.4. The molecule has 2 amide bonds. The first-order valence-electron chi connectivity index (χ1n) is 8.66. The molecule has 6 nitrogen and oxygen atoms in total.